The molecule has 0 aromatic rings. The zero-order valence-corrected chi connectivity index (χ0v) is 7.37. The van der Waals surface area contributed by atoms with Crippen LogP contribution in [0.15, 0.2) is 0 Å². The summed E-state index contributed by atoms with van der Waals surface area (Å²) in [5.74, 6) is 1.11. The Balaban J connectivity index is 3.06. The first-order chi connectivity index (χ1) is 4.16. The zero-order valence-electron chi connectivity index (χ0n) is 6.55. The molecule has 1 atom stereocenters. The van der Waals surface area contributed by atoms with Crippen molar-refractivity contribution in [3.63, 3.8) is 0 Å². The van der Waals surface area contributed by atoms with Crippen LogP contribution in [0.25, 0.3) is 0 Å². The molecule has 0 aromatic heterocycles. The van der Waals surface area contributed by atoms with Crippen molar-refractivity contribution in [1.29, 1.82) is 0 Å². The van der Waals surface area contributed by atoms with Crippen LogP contribution in [0.5, 0.6) is 0 Å². The Morgan fingerprint density at radius 3 is 2.33 bits per heavy atom. The van der Waals surface area contributed by atoms with Gasteiger partial charge >= 0.3 is 0 Å². The summed E-state index contributed by atoms with van der Waals surface area (Å²) in [6.45, 7) is 6.53. The van der Waals surface area contributed by atoms with Crippen molar-refractivity contribution < 1.29 is 0 Å². The predicted molar refractivity (Wildman–Crippen MR) is 45.9 cm³/mol. The molecule has 2 N–H and O–H groups in total. The van der Waals surface area contributed by atoms with Gasteiger partial charge in [-0.2, -0.15) is 11.8 Å². The molecular weight excluding hydrogens is 130 g/mol. The number of hydrogen-bond donors (Lipinski definition) is 1. The first-order valence-corrected chi connectivity index (χ1v) is 4.58. The maximum absolute atomic E-state index is 5.70. The zero-order chi connectivity index (χ0) is 7.28. The van der Waals surface area contributed by atoms with Crippen molar-refractivity contribution in [2.45, 2.75) is 38.5 Å². The number of thioether (sulfide) groups is 1. The highest BCUT2D eigenvalue weighted by atomic mass is 32.2. The van der Waals surface area contributed by atoms with Crippen LogP contribution in [-0.2, 0) is 0 Å². The summed E-state index contributed by atoms with van der Waals surface area (Å²) in [4.78, 5) is 0. The Morgan fingerprint density at radius 2 is 2.00 bits per heavy atom. The first kappa shape index (κ1) is 9.31. The highest BCUT2D eigenvalue weighted by Crippen LogP contribution is 2.10. The Morgan fingerprint density at radius 1 is 1.44 bits per heavy atom. The second kappa shape index (κ2) is 5.12. The quantitative estimate of drug-likeness (QED) is 0.657. The normalized spacial score (nSPS) is 14.3. The molecule has 56 valence electrons. The lowest BCUT2D eigenvalue weighted by molar-refractivity contribution is 0.723. The molecule has 0 radical (unpaired) electrons. The lowest BCUT2D eigenvalue weighted by Crippen LogP contribution is -2.22. The van der Waals surface area contributed by atoms with Crippen LogP contribution < -0.4 is 5.73 Å². The average molecular weight is 147 g/mol. The van der Waals surface area contributed by atoms with Crippen LogP contribution in [-0.4, -0.2) is 17.0 Å². The van der Waals surface area contributed by atoms with E-state index in [2.05, 4.69) is 20.8 Å². The minimum absolute atomic E-state index is 0.400. The van der Waals surface area contributed by atoms with Gasteiger partial charge in [0.2, 0.25) is 0 Å². The smallest absolute Gasteiger partial charge is 0.0127 e. The Hall–Kier alpha value is 0.310. The molecule has 0 bridgehead atoms. The van der Waals surface area contributed by atoms with Crippen LogP contribution in [0.2, 0.25) is 0 Å². The molecule has 0 aliphatic rings. The summed E-state index contributed by atoms with van der Waals surface area (Å²) >= 11 is 1.94. The van der Waals surface area contributed by atoms with Crippen molar-refractivity contribution in [2.75, 3.05) is 5.75 Å². The molecule has 0 heterocycles. The summed E-state index contributed by atoms with van der Waals surface area (Å²) < 4.78 is 0. The lowest BCUT2D eigenvalue weighted by atomic mass is 10.3. The maximum Gasteiger partial charge on any atom is 0.0127 e. The molecule has 0 spiro atoms. The molecule has 0 saturated carbocycles. The van der Waals surface area contributed by atoms with Gasteiger partial charge in [-0.25, -0.2) is 0 Å². The maximum atomic E-state index is 5.70. The van der Waals surface area contributed by atoms with Gasteiger partial charge in [0.1, 0.15) is 0 Å². The first-order valence-electron chi connectivity index (χ1n) is 3.54. The van der Waals surface area contributed by atoms with Crippen LogP contribution in [0, 0.1) is 0 Å². The van der Waals surface area contributed by atoms with Gasteiger partial charge in [0.05, 0.1) is 0 Å². The molecule has 1 nitrogen and oxygen atoms in total. The minimum Gasteiger partial charge on any atom is -0.327 e. The van der Waals surface area contributed by atoms with Crippen LogP contribution in [0.1, 0.15) is 27.2 Å². The molecule has 0 aliphatic heterocycles. The highest BCUT2D eigenvalue weighted by molar-refractivity contribution is 7.99. The van der Waals surface area contributed by atoms with Crippen LogP contribution >= 0.6 is 11.8 Å². The van der Waals surface area contributed by atoms with Crippen molar-refractivity contribution in [3.05, 3.63) is 0 Å². The van der Waals surface area contributed by atoms with Crippen molar-refractivity contribution in [1.82, 2.24) is 0 Å². The molecule has 2 heteroatoms. The highest BCUT2D eigenvalue weighted by Gasteiger charge is 1.99. The van der Waals surface area contributed by atoms with E-state index in [-0.39, 0.29) is 0 Å². The van der Waals surface area contributed by atoms with E-state index >= 15 is 0 Å². The van der Waals surface area contributed by atoms with E-state index in [1.807, 2.05) is 11.8 Å². The van der Waals surface area contributed by atoms with E-state index < -0.39 is 0 Å². The van der Waals surface area contributed by atoms with Crippen molar-refractivity contribution >= 4 is 11.8 Å². The molecule has 0 aliphatic carbocycles. The standard InChI is InChI=1S/C7H17NS/c1-4-7(8)5-9-6(2)3/h6-7H,4-5,8H2,1-3H3. The second-order valence-electron chi connectivity index (χ2n) is 2.55. The molecule has 0 saturated heterocycles. The van der Waals surface area contributed by atoms with Crippen LogP contribution in [0.3, 0.4) is 0 Å². The second-order valence-corrected chi connectivity index (χ2v) is 4.16. The minimum atomic E-state index is 0.400. The molecule has 0 fully saturated rings. The Kier molecular flexibility index (Phi) is 5.30. The number of rotatable bonds is 4. The molecule has 9 heavy (non-hydrogen) atoms. The monoisotopic (exact) mass is 147 g/mol. The van der Waals surface area contributed by atoms with Gasteiger partial charge in [-0.05, 0) is 11.7 Å². The summed E-state index contributed by atoms with van der Waals surface area (Å²) in [5, 5.41) is 0.725. The van der Waals surface area contributed by atoms with Gasteiger partial charge in [-0.1, -0.05) is 20.8 Å². The average Bonchev–Trinajstić information content (AvgIpc) is 1.83. The Bertz CT molecular complexity index is 63.9. The van der Waals surface area contributed by atoms with E-state index in [0.29, 0.717) is 6.04 Å². The summed E-state index contributed by atoms with van der Waals surface area (Å²) in [6, 6.07) is 0.400. The Labute approximate surface area is 62.4 Å². The van der Waals surface area contributed by atoms with Crippen LogP contribution in [0.4, 0.5) is 0 Å². The van der Waals surface area contributed by atoms with Gasteiger partial charge < -0.3 is 5.73 Å². The molecular formula is C7H17NS. The number of nitrogens with two attached hydrogens (primary N) is 1. The fraction of sp³-hybridized carbons (Fsp3) is 1.00. The lowest BCUT2D eigenvalue weighted by Gasteiger charge is -2.09. The third-order valence-electron chi connectivity index (χ3n) is 1.17. The fourth-order valence-electron chi connectivity index (χ4n) is 0.434. The summed E-state index contributed by atoms with van der Waals surface area (Å²) in [7, 11) is 0. The molecule has 0 amide bonds. The fourth-order valence-corrected chi connectivity index (χ4v) is 1.30. The predicted octanol–water partition coefficient (Wildman–Crippen LogP) is 1.87. The van der Waals surface area contributed by atoms with Gasteiger partial charge in [0.15, 0.2) is 0 Å². The third-order valence-corrected chi connectivity index (χ3v) is 2.46. The van der Waals surface area contributed by atoms with E-state index in [4.69, 9.17) is 5.73 Å². The van der Waals surface area contributed by atoms with Gasteiger partial charge in [0, 0.05) is 11.8 Å². The van der Waals surface area contributed by atoms with Crippen molar-refractivity contribution in [3.8, 4) is 0 Å². The summed E-state index contributed by atoms with van der Waals surface area (Å²) in [5.41, 5.74) is 5.70. The van der Waals surface area contributed by atoms with Gasteiger partial charge in [-0.15, -0.1) is 0 Å². The largest absolute Gasteiger partial charge is 0.327 e. The summed E-state index contributed by atoms with van der Waals surface area (Å²) in [6.07, 6.45) is 1.10. The van der Waals surface area contributed by atoms with Gasteiger partial charge in [0.25, 0.3) is 0 Å². The number of hydrogen-bond acceptors (Lipinski definition) is 2. The molecule has 0 aromatic carbocycles. The van der Waals surface area contributed by atoms with E-state index in [1.165, 1.54) is 0 Å². The van der Waals surface area contributed by atoms with E-state index in [1.54, 1.807) is 0 Å². The molecule has 0 rings (SSSR count). The van der Waals surface area contributed by atoms with E-state index in [9.17, 15) is 0 Å². The van der Waals surface area contributed by atoms with Gasteiger partial charge in [-0.3, -0.25) is 0 Å². The SMILES string of the molecule is CCC(N)CSC(C)C. The third kappa shape index (κ3) is 6.19. The molecule has 1 unspecified atom stereocenters. The van der Waals surface area contributed by atoms with Crippen molar-refractivity contribution in [2.24, 2.45) is 5.73 Å². The topological polar surface area (TPSA) is 26.0 Å². The van der Waals surface area contributed by atoms with E-state index in [0.717, 1.165) is 17.4 Å².